The SMILES string of the molecule is SCCCCCCCCCCCCCCCCCCCCCCCCCCCCCCCCCCCCCl. The highest BCUT2D eigenvalue weighted by atomic mass is 35.5. The third-order valence-corrected chi connectivity index (χ3v) is 9.13. The molecule has 0 bridgehead atoms. The lowest BCUT2D eigenvalue weighted by atomic mass is 10.0. The summed E-state index contributed by atoms with van der Waals surface area (Å²) in [5.41, 5.74) is 0. The Morgan fingerprint density at radius 2 is 0.342 bits per heavy atom. The first kappa shape index (κ1) is 38.6. The molecule has 0 fully saturated rings. The van der Waals surface area contributed by atoms with Gasteiger partial charge in [-0.15, -0.1) is 11.6 Å². The van der Waals surface area contributed by atoms with Crippen molar-refractivity contribution in [2.45, 2.75) is 218 Å². The number of hydrogen-bond acceptors (Lipinski definition) is 1. The lowest BCUT2D eigenvalue weighted by Crippen LogP contribution is -1.85. The van der Waals surface area contributed by atoms with Crippen LogP contribution in [0.1, 0.15) is 218 Å². The molecule has 0 aromatic rings. The van der Waals surface area contributed by atoms with E-state index in [1.807, 2.05) is 0 Å². The molecule has 0 heterocycles. The summed E-state index contributed by atoms with van der Waals surface area (Å²) in [5.74, 6) is 1.91. The topological polar surface area (TPSA) is 0 Å². The molecule has 38 heavy (non-hydrogen) atoms. The third-order valence-electron chi connectivity index (χ3n) is 8.54. The van der Waals surface area contributed by atoms with Gasteiger partial charge < -0.3 is 0 Å². The van der Waals surface area contributed by atoms with Gasteiger partial charge in [-0.05, 0) is 18.6 Å². The second-order valence-electron chi connectivity index (χ2n) is 12.4. The van der Waals surface area contributed by atoms with Crippen molar-refractivity contribution in [3.05, 3.63) is 0 Å². The number of rotatable bonds is 35. The Morgan fingerprint density at radius 1 is 0.211 bits per heavy atom. The smallest absolute Gasteiger partial charge is 0.0223 e. The van der Waals surface area contributed by atoms with Crippen molar-refractivity contribution in [1.29, 1.82) is 0 Å². The van der Waals surface area contributed by atoms with Gasteiger partial charge in [-0.25, -0.2) is 0 Å². The molecule has 2 heteroatoms. The Kier molecular flexibility index (Phi) is 38.3. The quantitative estimate of drug-likeness (QED) is 0.0435. The molecular formula is C36H73ClS. The average Bonchev–Trinajstić information content (AvgIpc) is 2.93. The lowest BCUT2D eigenvalue weighted by Gasteiger charge is -2.05. The Hall–Kier alpha value is 0.640. The minimum Gasteiger partial charge on any atom is -0.179 e. The van der Waals surface area contributed by atoms with Crippen LogP contribution in [-0.2, 0) is 0 Å². The zero-order chi connectivity index (χ0) is 27.5. The van der Waals surface area contributed by atoms with Crippen LogP contribution in [0.2, 0.25) is 0 Å². The first-order valence-corrected chi connectivity index (χ1v) is 19.3. The fraction of sp³-hybridized carbons (Fsp3) is 1.00. The summed E-state index contributed by atoms with van der Waals surface area (Å²) in [5, 5.41) is 0. The molecule has 0 nitrogen and oxygen atoms in total. The minimum atomic E-state index is 0.846. The fourth-order valence-corrected chi connectivity index (χ4v) is 6.28. The van der Waals surface area contributed by atoms with Crippen molar-refractivity contribution in [2.75, 3.05) is 11.6 Å². The van der Waals surface area contributed by atoms with Gasteiger partial charge in [-0.3, -0.25) is 0 Å². The van der Waals surface area contributed by atoms with Crippen LogP contribution in [0.3, 0.4) is 0 Å². The second-order valence-corrected chi connectivity index (χ2v) is 13.3. The first-order valence-electron chi connectivity index (χ1n) is 18.1. The molecule has 230 valence electrons. The highest BCUT2D eigenvalue weighted by Crippen LogP contribution is 2.17. The van der Waals surface area contributed by atoms with E-state index in [-0.39, 0.29) is 0 Å². The summed E-state index contributed by atoms with van der Waals surface area (Å²) < 4.78 is 0. The maximum Gasteiger partial charge on any atom is 0.0223 e. The normalized spacial score (nSPS) is 11.5. The molecule has 0 spiro atoms. The number of unbranched alkanes of at least 4 members (excludes halogenated alkanes) is 33. The van der Waals surface area contributed by atoms with Gasteiger partial charge in [0.05, 0.1) is 0 Å². The van der Waals surface area contributed by atoms with E-state index < -0.39 is 0 Å². The van der Waals surface area contributed by atoms with Gasteiger partial charge in [0.25, 0.3) is 0 Å². The molecule has 0 aromatic carbocycles. The van der Waals surface area contributed by atoms with Crippen LogP contribution in [0.25, 0.3) is 0 Å². The van der Waals surface area contributed by atoms with Crippen molar-refractivity contribution in [2.24, 2.45) is 0 Å². The predicted molar refractivity (Wildman–Crippen MR) is 182 cm³/mol. The molecule has 0 aliphatic rings. The summed E-state index contributed by atoms with van der Waals surface area (Å²) in [7, 11) is 0. The molecule has 0 N–H and O–H groups in total. The number of thiol groups is 1. The minimum absolute atomic E-state index is 0.846. The lowest BCUT2D eigenvalue weighted by molar-refractivity contribution is 0.511. The van der Waals surface area contributed by atoms with Crippen LogP contribution in [0, 0.1) is 0 Å². The summed E-state index contributed by atoms with van der Waals surface area (Å²) in [6.45, 7) is 0. The maximum atomic E-state index is 5.73. The zero-order valence-corrected chi connectivity index (χ0v) is 27.9. The Balaban J connectivity index is 3.01. The molecular weight excluding hydrogens is 500 g/mol. The summed E-state index contributed by atoms with van der Waals surface area (Å²) in [6, 6.07) is 0. The molecule has 0 radical (unpaired) electrons. The molecule has 0 aliphatic carbocycles. The van der Waals surface area contributed by atoms with Gasteiger partial charge >= 0.3 is 0 Å². The van der Waals surface area contributed by atoms with Crippen molar-refractivity contribution in [3.63, 3.8) is 0 Å². The van der Waals surface area contributed by atoms with Gasteiger partial charge in [-0.1, -0.05) is 205 Å². The molecule has 0 aliphatic heterocycles. The van der Waals surface area contributed by atoms with Crippen LogP contribution in [0.5, 0.6) is 0 Å². The fourth-order valence-electron chi connectivity index (χ4n) is 5.86. The van der Waals surface area contributed by atoms with E-state index in [4.69, 9.17) is 11.6 Å². The molecule has 0 atom stereocenters. The summed E-state index contributed by atoms with van der Waals surface area (Å²) in [6.07, 6.45) is 49.4. The van der Waals surface area contributed by atoms with Gasteiger partial charge in [0.2, 0.25) is 0 Å². The highest BCUT2D eigenvalue weighted by Gasteiger charge is 1.97. The predicted octanol–water partition coefficient (Wildman–Crippen LogP) is 14.4. The van der Waals surface area contributed by atoms with Crippen LogP contribution >= 0.6 is 24.2 Å². The van der Waals surface area contributed by atoms with Crippen molar-refractivity contribution in [3.8, 4) is 0 Å². The average molecular weight is 574 g/mol. The number of alkyl halides is 1. The Morgan fingerprint density at radius 3 is 0.474 bits per heavy atom. The second kappa shape index (κ2) is 37.6. The molecule has 0 aromatic heterocycles. The standard InChI is InChI=1S/C36H73ClS/c37-35-33-31-29-27-25-23-21-19-17-15-13-11-9-7-5-3-1-2-4-6-8-10-12-14-16-18-20-22-24-26-28-30-32-34-36-38/h38H,1-36H2. The van der Waals surface area contributed by atoms with Crippen LogP contribution in [0.15, 0.2) is 0 Å². The van der Waals surface area contributed by atoms with E-state index in [9.17, 15) is 0 Å². The van der Waals surface area contributed by atoms with E-state index in [2.05, 4.69) is 12.6 Å². The monoisotopic (exact) mass is 573 g/mol. The molecule has 0 amide bonds. The van der Waals surface area contributed by atoms with Gasteiger partial charge in [0.1, 0.15) is 0 Å². The molecule has 0 rings (SSSR count). The van der Waals surface area contributed by atoms with Crippen LogP contribution in [-0.4, -0.2) is 11.6 Å². The molecule has 0 saturated heterocycles. The van der Waals surface area contributed by atoms with E-state index >= 15 is 0 Å². The zero-order valence-electron chi connectivity index (χ0n) is 26.3. The van der Waals surface area contributed by atoms with Crippen LogP contribution in [0.4, 0.5) is 0 Å². The van der Waals surface area contributed by atoms with E-state index in [0.717, 1.165) is 11.6 Å². The van der Waals surface area contributed by atoms with Gasteiger partial charge in [0.15, 0.2) is 0 Å². The highest BCUT2D eigenvalue weighted by molar-refractivity contribution is 7.80. The molecule has 0 saturated carbocycles. The molecule has 0 unspecified atom stereocenters. The maximum absolute atomic E-state index is 5.73. The summed E-state index contributed by atoms with van der Waals surface area (Å²) >= 11 is 10.0. The van der Waals surface area contributed by atoms with E-state index in [1.54, 1.807) is 0 Å². The van der Waals surface area contributed by atoms with Crippen molar-refractivity contribution in [1.82, 2.24) is 0 Å². The number of hydrogen-bond donors (Lipinski definition) is 1. The van der Waals surface area contributed by atoms with E-state index in [0.29, 0.717) is 0 Å². The first-order chi connectivity index (χ1) is 18.9. The van der Waals surface area contributed by atoms with Crippen LogP contribution < -0.4 is 0 Å². The Labute approximate surface area is 253 Å². The largest absolute Gasteiger partial charge is 0.179 e. The van der Waals surface area contributed by atoms with Gasteiger partial charge in [-0.2, -0.15) is 12.6 Å². The number of halogens is 1. The van der Waals surface area contributed by atoms with Crippen molar-refractivity contribution < 1.29 is 0 Å². The van der Waals surface area contributed by atoms with E-state index in [1.165, 1.54) is 218 Å². The van der Waals surface area contributed by atoms with Crippen molar-refractivity contribution >= 4 is 24.2 Å². The summed E-state index contributed by atoms with van der Waals surface area (Å²) in [4.78, 5) is 0. The Bertz CT molecular complexity index is 350. The van der Waals surface area contributed by atoms with Gasteiger partial charge in [0, 0.05) is 5.88 Å². The third kappa shape index (κ3) is 36.6.